The third-order valence-corrected chi connectivity index (χ3v) is 2.35. The summed E-state index contributed by atoms with van der Waals surface area (Å²) in [7, 11) is 0. The van der Waals surface area contributed by atoms with Crippen molar-refractivity contribution >= 4 is 45.6 Å². The second-order valence-electron chi connectivity index (χ2n) is 2.30. The molecule has 0 amide bonds. The number of nitrogens with zero attached hydrogens (tertiary/aromatic N) is 1. The van der Waals surface area contributed by atoms with Crippen LogP contribution < -0.4 is 11.1 Å². The molecule has 1 rings (SSSR count). The van der Waals surface area contributed by atoms with Crippen molar-refractivity contribution in [3.63, 3.8) is 0 Å². The van der Waals surface area contributed by atoms with Gasteiger partial charge in [0.1, 0.15) is 0 Å². The Morgan fingerprint density at radius 3 is 2.77 bits per heavy atom. The van der Waals surface area contributed by atoms with Crippen LogP contribution in [0, 0.1) is 14.9 Å². The smallest absolute Gasteiger partial charge is 0.168 e. The molecule has 0 bridgehead atoms. The lowest BCUT2D eigenvalue weighted by molar-refractivity contribution is 1.47. The number of hydrogen-bond acceptors (Lipinski definition) is 2. The predicted octanol–water partition coefficient (Wildman–Crippen LogP) is 1.82. The zero-order valence-electron chi connectivity index (χ0n) is 6.54. The summed E-state index contributed by atoms with van der Waals surface area (Å²) >= 11 is 6.81. The van der Waals surface area contributed by atoms with Gasteiger partial charge in [0.25, 0.3) is 0 Å². The van der Waals surface area contributed by atoms with E-state index in [9.17, 15) is 0 Å². The van der Waals surface area contributed by atoms with Gasteiger partial charge in [-0.1, -0.05) is 0 Å². The summed E-state index contributed by atoms with van der Waals surface area (Å²) in [5.74, 6) is 0. The summed E-state index contributed by atoms with van der Waals surface area (Å²) in [4.78, 5) is 0. The van der Waals surface area contributed by atoms with E-state index in [0.29, 0.717) is 5.56 Å². The Balaban J connectivity index is 3.00. The molecule has 0 aliphatic rings. The Hall–Kier alpha value is -0.870. The van der Waals surface area contributed by atoms with Crippen LogP contribution in [0.25, 0.3) is 0 Å². The zero-order chi connectivity index (χ0) is 9.84. The van der Waals surface area contributed by atoms with Crippen molar-refractivity contribution in [3.05, 3.63) is 27.3 Å². The molecule has 0 atom stereocenters. The largest absolute Gasteiger partial charge is 0.376 e. The van der Waals surface area contributed by atoms with Gasteiger partial charge in [0.2, 0.25) is 0 Å². The van der Waals surface area contributed by atoms with Crippen LogP contribution in [0.3, 0.4) is 0 Å². The molecule has 0 saturated heterocycles. The lowest BCUT2D eigenvalue weighted by Crippen LogP contribution is -2.19. The Labute approximate surface area is 95.1 Å². The minimum Gasteiger partial charge on any atom is -0.376 e. The van der Waals surface area contributed by atoms with Crippen LogP contribution in [0.5, 0.6) is 0 Å². The van der Waals surface area contributed by atoms with Crippen molar-refractivity contribution in [2.75, 3.05) is 5.32 Å². The van der Waals surface area contributed by atoms with E-state index in [1.54, 1.807) is 18.2 Å². The molecule has 0 aliphatic carbocycles. The number of halogens is 1. The molecule has 1 aromatic carbocycles. The SMILES string of the molecule is N#Cc1ccc(NC(N)=S)c(I)c1. The molecular weight excluding hydrogens is 297 g/mol. The first-order chi connectivity index (χ1) is 6.13. The van der Waals surface area contributed by atoms with E-state index in [4.69, 9.17) is 23.2 Å². The molecule has 3 N–H and O–H groups in total. The van der Waals surface area contributed by atoms with Gasteiger partial charge in [0.05, 0.1) is 17.3 Å². The number of hydrogen-bond donors (Lipinski definition) is 2. The van der Waals surface area contributed by atoms with E-state index < -0.39 is 0 Å². The van der Waals surface area contributed by atoms with E-state index in [2.05, 4.69) is 34.0 Å². The van der Waals surface area contributed by atoms with Crippen molar-refractivity contribution in [2.45, 2.75) is 0 Å². The third kappa shape index (κ3) is 2.82. The Kier molecular flexibility index (Phi) is 3.45. The van der Waals surface area contributed by atoms with Crippen molar-refractivity contribution in [1.29, 1.82) is 5.26 Å². The third-order valence-electron chi connectivity index (χ3n) is 1.36. The van der Waals surface area contributed by atoms with Crippen molar-refractivity contribution in [1.82, 2.24) is 0 Å². The van der Waals surface area contributed by atoms with Crippen LogP contribution in [0.1, 0.15) is 5.56 Å². The van der Waals surface area contributed by atoms with Crippen LogP contribution >= 0.6 is 34.8 Å². The molecule has 13 heavy (non-hydrogen) atoms. The van der Waals surface area contributed by atoms with Gasteiger partial charge in [-0.25, -0.2) is 0 Å². The van der Waals surface area contributed by atoms with Gasteiger partial charge >= 0.3 is 0 Å². The topological polar surface area (TPSA) is 61.8 Å². The molecule has 0 radical (unpaired) electrons. The van der Waals surface area contributed by atoms with E-state index in [1.807, 2.05) is 0 Å². The monoisotopic (exact) mass is 303 g/mol. The van der Waals surface area contributed by atoms with Gasteiger partial charge < -0.3 is 11.1 Å². The number of anilines is 1. The molecule has 1 aromatic rings. The zero-order valence-corrected chi connectivity index (χ0v) is 9.52. The van der Waals surface area contributed by atoms with Gasteiger partial charge in [-0.2, -0.15) is 5.26 Å². The average Bonchev–Trinajstić information content (AvgIpc) is 2.08. The summed E-state index contributed by atoms with van der Waals surface area (Å²) in [6.45, 7) is 0. The highest BCUT2D eigenvalue weighted by Gasteiger charge is 2.00. The highest BCUT2D eigenvalue weighted by molar-refractivity contribution is 14.1. The van der Waals surface area contributed by atoms with E-state index in [-0.39, 0.29) is 5.11 Å². The van der Waals surface area contributed by atoms with Gasteiger partial charge in [-0.3, -0.25) is 0 Å². The lowest BCUT2D eigenvalue weighted by Gasteiger charge is -2.05. The van der Waals surface area contributed by atoms with Crippen molar-refractivity contribution in [3.8, 4) is 6.07 Å². The highest BCUT2D eigenvalue weighted by Crippen LogP contribution is 2.18. The van der Waals surface area contributed by atoms with Crippen LogP contribution in [0.2, 0.25) is 0 Å². The normalized spacial score (nSPS) is 8.92. The fourth-order valence-electron chi connectivity index (χ4n) is 0.819. The molecule has 0 unspecified atom stereocenters. The maximum atomic E-state index is 8.61. The molecule has 0 fully saturated rings. The highest BCUT2D eigenvalue weighted by atomic mass is 127. The van der Waals surface area contributed by atoms with Crippen LogP contribution in [-0.2, 0) is 0 Å². The number of thiocarbonyl (C=S) groups is 1. The average molecular weight is 303 g/mol. The number of nitrogens with one attached hydrogen (secondary N) is 1. The van der Waals surface area contributed by atoms with Crippen LogP contribution in [0.4, 0.5) is 5.69 Å². The number of nitrogens with two attached hydrogens (primary N) is 1. The van der Waals surface area contributed by atoms with Gasteiger partial charge in [0.15, 0.2) is 5.11 Å². The summed E-state index contributed by atoms with van der Waals surface area (Å²) in [6, 6.07) is 7.31. The van der Waals surface area contributed by atoms with Crippen LogP contribution in [0.15, 0.2) is 18.2 Å². The second-order valence-corrected chi connectivity index (χ2v) is 3.90. The molecule has 3 nitrogen and oxygen atoms in total. The maximum Gasteiger partial charge on any atom is 0.168 e. The number of rotatable bonds is 1. The molecule has 66 valence electrons. The van der Waals surface area contributed by atoms with Gasteiger partial charge in [-0.05, 0) is 53.0 Å². The quantitative estimate of drug-likeness (QED) is 0.613. The number of nitriles is 1. The number of benzene rings is 1. The molecular formula is C8H6IN3S. The summed E-state index contributed by atoms with van der Waals surface area (Å²) in [6.07, 6.45) is 0. The predicted molar refractivity (Wildman–Crippen MR) is 64.3 cm³/mol. The Bertz CT molecular complexity index is 383. The Morgan fingerprint density at radius 2 is 2.31 bits per heavy atom. The summed E-state index contributed by atoms with van der Waals surface area (Å²) in [5, 5.41) is 11.7. The van der Waals surface area contributed by atoms with E-state index in [0.717, 1.165) is 9.26 Å². The fourth-order valence-corrected chi connectivity index (χ4v) is 1.58. The maximum absolute atomic E-state index is 8.61. The van der Waals surface area contributed by atoms with Gasteiger partial charge in [0, 0.05) is 3.57 Å². The Morgan fingerprint density at radius 1 is 1.62 bits per heavy atom. The summed E-state index contributed by atoms with van der Waals surface area (Å²) < 4.78 is 0.921. The van der Waals surface area contributed by atoms with Crippen molar-refractivity contribution in [2.24, 2.45) is 5.73 Å². The van der Waals surface area contributed by atoms with Crippen LogP contribution in [-0.4, -0.2) is 5.11 Å². The minimum absolute atomic E-state index is 0.225. The molecule has 0 heterocycles. The molecule has 0 aliphatic heterocycles. The molecule has 0 saturated carbocycles. The molecule has 5 heteroatoms. The minimum atomic E-state index is 0.225. The van der Waals surface area contributed by atoms with Crippen molar-refractivity contribution < 1.29 is 0 Å². The summed E-state index contributed by atoms with van der Waals surface area (Å²) in [5.41, 5.74) is 6.76. The first-order valence-corrected chi connectivity index (χ1v) is 4.88. The first kappa shape index (κ1) is 10.2. The fraction of sp³-hybridized carbons (Fsp3) is 0. The standard InChI is InChI=1S/C8H6IN3S/c9-6-3-5(4-10)1-2-7(6)12-8(11)13/h1-3H,(H3,11,12,13). The molecule has 0 aromatic heterocycles. The van der Waals surface area contributed by atoms with E-state index >= 15 is 0 Å². The first-order valence-electron chi connectivity index (χ1n) is 3.39. The van der Waals surface area contributed by atoms with E-state index in [1.165, 1.54) is 0 Å². The van der Waals surface area contributed by atoms with Gasteiger partial charge in [-0.15, -0.1) is 0 Å². The second kappa shape index (κ2) is 4.39. The lowest BCUT2D eigenvalue weighted by atomic mass is 10.2. The molecule has 0 spiro atoms.